The monoisotopic (exact) mass is 290 g/mol. The summed E-state index contributed by atoms with van der Waals surface area (Å²) in [6.45, 7) is 2.09. The number of hydrogen-bond donors (Lipinski definition) is 2. The maximum Gasteiger partial charge on any atom is 0.134 e. The van der Waals surface area contributed by atoms with Gasteiger partial charge in [-0.25, -0.2) is 9.97 Å². The van der Waals surface area contributed by atoms with Gasteiger partial charge in [0.2, 0.25) is 0 Å². The smallest absolute Gasteiger partial charge is 0.134 e. The van der Waals surface area contributed by atoms with Crippen LogP contribution in [0.15, 0.2) is 60.9 Å². The number of nitrogens with one attached hydrogen (secondary N) is 1. The number of anilines is 3. The first-order chi connectivity index (χ1) is 10.8. The van der Waals surface area contributed by atoms with Crippen LogP contribution in [0.3, 0.4) is 0 Å². The van der Waals surface area contributed by atoms with Crippen molar-refractivity contribution >= 4 is 17.2 Å². The molecule has 0 bridgehead atoms. The number of hydrogen-bond acceptors (Lipinski definition) is 4. The molecule has 0 unspecified atom stereocenters. The van der Waals surface area contributed by atoms with Gasteiger partial charge >= 0.3 is 0 Å². The van der Waals surface area contributed by atoms with Crippen molar-refractivity contribution in [3.8, 4) is 11.3 Å². The minimum atomic E-state index is 0.748. The number of nitrogens with two attached hydrogens (primary N) is 1. The van der Waals surface area contributed by atoms with Gasteiger partial charge in [0.15, 0.2) is 0 Å². The maximum atomic E-state index is 6.03. The molecule has 0 radical (unpaired) electrons. The zero-order chi connectivity index (χ0) is 15.4. The van der Waals surface area contributed by atoms with Crippen LogP contribution in [0.1, 0.15) is 12.5 Å². The van der Waals surface area contributed by atoms with Gasteiger partial charge in [-0.2, -0.15) is 0 Å². The predicted octanol–water partition coefficient (Wildman–Crippen LogP) is 4.03. The lowest BCUT2D eigenvalue weighted by Gasteiger charge is -2.09. The zero-order valence-corrected chi connectivity index (χ0v) is 12.5. The van der Waals surface area contributed by atoms with Crippen molar-refractivity contribution in [3.05, 3.63) is 66.5 Å². The van der Waals surface area contributed by atoms with Gasteiger partial charge in [0.1, 0.15) is 12.1 Å². The first kappa shape index (κ1) is 14.1. The molecule has 0 fully saturated rings. The molecule has 0 aliphatic rings. The van der Waals surface area contributed by atoms with E-state index in [-0.39, 0.29) is 0 Å². The van der Waals surface area contributed by atoms with Crippen molar-refractivity contribution in [2.45, 2.75) is 13.3 Å². The Morgan fingerprint density at radius 1 is 1.00 bits per heavy atom. The molecule has 0 aliphatic carbocycles. The van der Waals surface area contributed by atoms with E-state index < -0.39 is 0 Å². The molecule has 22 heavy (non-hydrogen) atoms. The Kier molecular flexibility index (Phi) is 4.01. The summed E-state index contributed by atoms with van der Waals surface area (Å²) in [4.78, 5) is 8.59. The number of benzene rings is 2. The van der Waals surface area contributed by atoms with Crippen molar-refractivity contribution in [3.63, 3.8) is 0 Å². The highest BCUT2D eigenvalue weighted by molar-refractivity contribution is 5.67. The lowest BCUT2D eigenvalue weighted by Crippen LogP contribution is -1.98. The Morgan fingerprint density at radius 3 is 2.55 bits per heavy atom. The fourth-order valence-electron chi connectivity index (χ4n) is 2.33. The molecule has 3 N–H and O–H groups in total. The van der Waals surface area contributed by atoms with E-state index in [1.54, 1.807) is 6.33 Å². The first-order valence-corrected chi connectivity index (χ1v) is 7.29. The van der Waals surface area contributed by atoms with Gasteiger partial charge in [0, 0.05) is 23.0 Å². The van der Waals surface area contributed by atoms with Gasteiger partial charge in [-0.05, 0) is 24.1 Å². The highest BCUT2D eigenvalue weighted by atomic mass is 15.0. The van der Waals surface area contributed by atoms with E-state index in [9.17, 15) is 0 Å². The zero-order valence-electron chi connectivity index (χ0n) is 12.5. The Hall–Kier alpha value is -2.88. The van der Waals surface area contributed by atoms with Gasteiger partial charge in [0.25, 0.3) is 0 Å². The molecule has 0 aliphatic heterocycles. The third kappa shape index (κ3) is 3.06. The van der Waals surface area contributed by atoms with Gasteiger partial charge in [-0.1, -0.05) is 43.3 Å². The Morgan fingerprint density at radius 2 is 1.82 bits per heavy atom. The lowest BCUT2D eigenvalue weighted by molar-refractivity contribution is 1.14. The average Bonchev–Trinajstić information content (AvgIpc) is 2.56. The quantitative estimate of drug-likeness (QED) is 0.712. The summed E-state index contributed by atoms with van der Waals surface area (Å²) in [6, 6.07) is 17.9. The van der Waals surface area contributed by atoms with Crippen molar-refractivity contribution in [2.24, 2.45) is 0 Å². The summed E-state index contributed by atoms with van der Waals surface area (Å²) in [6.07, 6.45) is 2.49. The topological polar surface area (TPSA) is 63.8 Å². The SMILES string of the molecule is CCc1ccc(Nc2cc(-c3ccccc3)ncn2)cc1N. The van der Waals surface area contributed by atoms with E-state index in [2.05, 4.69) is 22.2 Å². The first-order valence-electron chi connectivity index (χ1n) is 7.29. The largest absolute Gasteiger partial charge is 0.398 e. The van der Waals surface area contributed by atoms with Crippen LogP contribution in [-0.2, 0) is 6.42 Å². The molecular weight excluding hydrogens is 272 g/mol. The van der Waals surface area contributed by atoms with E-state index in [0.717, 1.165) is 40.4 Å². The second-order valence-electron chi connectivity index (χ2n) is 5.05. The molecule has 4 nitrogen and oxygen atoms in total. The molecule has 0 saturated carbocycles. The van der Waals surface area contributed by atoms with Crippen LogP contribution in [0.4, 0.5) is 17.2 Å². The van der Waals surface area contributed by atoms with Crippen molar-refractivity contribution in [1.82, 2.24) is 9.97 Å². The summed E-state index contributed by atoms with van der Waals surface area (Å²) >= 11 is 0. The summed E-state index contributed by atoms with van der Waals surface area (Å²) < 4.78 is 0. The van der Waals surface area contributed by atoms with Crippen LogP contribution in [0.25, 0.3) is 11.3 Å². The van der Waals surface area contributed by atoms with Crippen molar-refractivity contribution in [2.75, 3.05) is 11.1 Å². The number of rotatable bonds is 4. The number of nitrogens with zero attached hydrogens (tertiary/aromatic N) is 2. The molecule has 3 aromatic rings. The van der Waals surface area contributed by atoms with Gasteiger partial charge in [0.05, 0.1) is 5.69 Å². The van der Waals surface area contributed by atoms with Gasteiger partial charge in [-0.15, -0.1) is 0 Å². The van der Waals surface area contributed by atoms with E-state index in [4.69, 9.17) is 5.73 Å². The summed E-state index contributed by atoms with van der Waals surface area (Å²) in [5.74, 6) is 0.748. The van der Waals surface area contributed by atoms with E-state index >= 15 is 0 Å². The Balaban J connectivity index is 1.86. The highest BCUT2D eigenvalue weighted by Gasteiger charge is 2.03. The fraction of sp³-hybridized carbons (Fsp3) is 0.111. The van der Waals surface area contributed by atoms with Crippen LogP contribution in [0, 0.1) is 0 Å². The third-order valence-electron chi connectivity index (χ3n) is 3.54. The molecule has 3 rings (SSSR count). The molecule has 0 atom stereocenters. The Labute approximate surface area is 130 Å². The molecule has 2 aromatic carbocycles. The minimum absolute atomic E-state index is 0.748. The number of aryl methyl sites for hydroxylation is 1. The number of nitrogen functional groups attached to an aromatic ring is 1. The maximum absolute atomic E-state index is 6.03. The van der Waals surface area contributed by atoms with Crippen molar-refractivity contribution < 1.29 is 0 Å². The molecule has 110 valence electrons. The fourth-order valence-corrected chi connectivity index (χ4v) is 2.33. The standard InChI is InChI=1S/C18H18N4/c1-2-13-8-9-15(10-16(13)19)22-18-11-17(20-12-21-18)14-6-4-3-5-7-14/h3-12H,2,19H2,1H3,(H,20,21,22). The summed E-state index contributed by atoms with van der Waals surface area (Å²) in [5, 5.41) is 3.28. The van der Waals surface area contributed by atoms with Crippen LogP contribution in [-0.4, -0.2) is 9.97 Å². The molecule has 1 heterocycles. The third-order valence-corrected chi connectivity index (χ3v) is 3.54. The minimum Gasteiger partial charge on any atom is -0.398 e. The van der Waals surface area contributed by atoms with Crippen molar-refractivity contribution in [1.29, 1.82) is 0 Å². The summed E-state index contributed by atoms with van der Waals surface area (Å²) in [7, 11) is 0. The normalized spacial score (nSPS) is 10.4. The second kappa shape index (κ2) is 6.26. The van der Waals surface area contributed by atoms with E-state index in [1.807, 2.05) is 54.6 Å². The molecular formula is C18H18N4. The van der Waals surface area contributed by atoms with Crippen LogP contribution >= 0.6 is 0 Å². The molecule has 0 spiro atoms. The highest BCUT2D eigenvalue weighted by Crippen LogP contribution is 2.23. The molecule has 0 saturated heterocycles. The van der Waals surface area contributed by atoms with Crippen LogP contribution in [0.2, 0.25) is 0 Å². The molecule has 0 amide bonds. The van der Waals surface area contributed by atoms with Crippen LogP contribution < -0.4 is 11.1 Å². The Bertz CT molecular complexity index is 769. The van der Waals surface area contributed by atoms with Gasteiger partial charge in [-0.3, -0.25) is 0 Å². The molecule has 4 heteroatoms. The predicted molar refractivity (Wildman–Crippen MR) is 91.0 cm³/mol. The summed E-state index contributed by atoms with van der Waals surface area (Å²) in [5.41, 5.74) is 10.9. The average molecular weight is 290 g/mol. The van der Waals surface area contributed by atoms with Crippen LogP contribution in [0.5, 0.6) is 0 Å². The molecule has 1 aromatic heterocycles. The van der Waals surface area contributed by atoms with E-state index in [0.29, 0.717) is 0 Å². The second-order valence-corrected chi connectivity index (χ2v) is 5.05. The number of aromatic nitrogens is 2. The van der Waals surface area contributed by atoms with E-state index in [1.165, 1.54) is 0 Å². The van der Waals surface area contributed by atoms with Gasteiger partial charge < -0.3 is 11.1 Å². The lowest BCUT2D eigenvalue weighted by atomic mass is 10.1.